The summed E-state index contributed by atoms with van der Waals surface area (Å²) in [6, 6.07) is 2.61. The summed E-state index contributed by atoms with van der Waals surface area (Å²) in [6.45, 7) is 0. The lowest BCUT2D eigenvalue weighted by Crippen LogP contribution is -2.48. The van der Waals surface area contributed by atoms with Gasteiger partial charge in [-0.05, 0) is 64.5 Å². The number of fused-ring (bicyclic) bond motifs is 2. The van der Waals surface area contributed by atoms with Crippen LogP contribution in [0.5, 0.6) is 0 Å². The van der Waals surface area contributed by atoms with E-state index < -0.39 is 0 Å². The maximum atomic E-state index is 3.68. The number of hydrogen-bond donors (Lipinski definition) is 1. The molecule has 0 spiro atoms. The van der Waals surface area contributed by atoms with Crippen LogP contribution in [0.25, 0.3) is 0 Å². The van der Waals surface area contributed by atoms with Crippen LogP contribution < -0.4 is 5.32 Å². The molecule has 1 N–H and O–H groups in total. The Morgan fingerprint density at radius 1 is 0.941 bits per heavy atom. The number of nitrogens with zero attached hydrogens (tertiary/aromatic N) is 1. The summed E-state index contributed by atoms with van der Waals surface area (Å²) >= 11 is 0. The van der Waals surface area contributed by atoms with Crippen LogP contribution in [0.1, 0.15) is 51.4 Å². The zero-order chi connectivity index (χ0) is 11.8. The van der Waals surface area contributed by atoms with E-state index in [1.165, 1.54) is 51.4 Å². The molecule has 0 aromatic carbocycles. The molecule has 98 valence electrons. The molecule has 1 aliphatic carbocycles. The molecule has 2 nitrogen and oxygen atoms in total. The molecule has 3 rings (SSSR count). The first-order chi connectivity index (χ1) is 8.29. The Kier molecular flexibility index (Phi) is 3.45. The molecule has 3 fully saturated rings. The zero-order valence-corrected chi connectivity index (χ0v) is 11.5. The summed E-state index contributed by atoms with van der Waals surface area (Å²) in [6.07, 6.45) is 11.7. The summed E-state index contributed by atoms with van der Waals surface area (Å²) in [4.78, 5) is 2.66. The fraction of sp³-hybridized carbons (Fsp3) is 1.00. The monoisotopic (exact) mass is 236 g/mol. The highest BCUT2D eigenvalue weighted by molar-refractivity contribution is 4.98. The van der Waals surface area contributed by atoms with Crippen molar-refractivity contribution >= 4 is 0 Å². The van der Waals surface area contributed by atoms with Crippen molar-refractivity contribution in [2.24, 2.45) is 11.8 Å². The first-order valence-corrected chi connectivity index (χ1v) is 7.68. The van der Waals surface area contributed by atoms with Gasteiger partial charge in [0, 0.05) is 18.1 Å². The lowest BCUT2D eigenvalue weighted by atomic mass is 9.79. The van der Waals surface area contributed by atoms with Crippen LogP contribution in [0, 0.1) is 11.8 Å². The summed E-state index contributed by atoms with van der Waals surface area (Å²) in [5.74, 6) is 1.93. The Morgan fingerprint density at radius 2 is 1.53 bits per heavy atom. The van der Waals surface area contributed by atoms with Crippen molar-refractivity contribution in [2.75, 3.05) is 14.1 Å². The third kappa shape index (κ3) is 2.15. The van der Waals surface area contributed by atoms with Crippen molar-refractivity contribution in [3.63, 3.8) is 0 Å². The van der Waals surface area contributed by atoms with E-state index in [2.05, 4.69) is 24.3 Å². The van der Waals surface area contributed by atoms with Crippen molar-refractivity contribution in [3.05, 3.63) is 0 Å². The summed E-state index contributed by atoms with van der Waals surface area (Å²) in [5, 5.41) is 3.68. The van der Waals surface area contributed by atoms with Crippen molar-refractivity contribution in [3.8, 4) is 0 Å². The van der Waals surface area contributed by atoms with E-state index in [1.54, 1.807) is 0 Å². The molecule has 3 aliphatic rings. The Labute approximate surface area is 106 Å². The van der Waals surface area contributed by atoms with Gasteiger partial charge in [-0.2, -0.15) is 0 Å². The van der Waals surface area contributed by atoms with E-state index >= 15 is 0 Å². The number of nitrogens with one attached hydrogen (secondary N) is 1. The van der Waals surface area contributed by atoms with E-state index in [-0.39, 0.29) is 0 Å². The minimum atomic E-state index is 0.814. The van der Waals surface area contributed by atoms with Crippen molar-refractivity contribution in [1.82, 2.24) is 10.2 Å². The standard InChI is InChI=1S/C15H28N2/c1-16-15(11-5-3-4-6-11)12-9-13-7-8-14(10-12)17(13)2/h11-16H,3-10H2,1-2H3. The van der Waals surface area contributed by atoms with Crippen molar-refractivity contribution in [2.45, 2.75) is 69.5 Å². The highest BCUT2D eigenvalue weighted by Gasteiger charge is 2.42. The van der Waals surface area contributed by atoms with Crippen LogP contribution in [0.2, 0.25) is 0 Å². The van der Waals surface area contributed by atoms with Crippen LogP contribution in [0.4, 0.5) is 0 Å². The Hall–Kier alpha value is -0.0800. The van der Waals surface area contributed by atoms with E-state index in [0.717, 1.165) is 30.0 Å². The smallest absolute Gasteiger partial charge is 0.0122 e. The van der Waals surface area contributed by atoms with Gasteiger partial charge in [0.1, 0.15) is 0 Å². The average Bonchev–Trinajstić information content (AvgIpc) is 2.88. The highest BCUT2D eigenvalue weighted by atomic mass is 15.2. The second-order valence-electron chi connectivity index (χ2n) is 6.64. The first kappa shape index (κ1) is 12.0. The van der Waals surface area contributed by atoms with E-state index in [1.807, 2.05) is 0 Å². The quantitative estimate of drug-likeness (QED) is 0.810. The second kappa shape index (κ2) is 4.89. The van der Waals surface area contributed by atoms with Gasteiger partial charge < -0.3 is 10.2 Å². The average molecular weight is 236 g/mol. The van der Waals surface area contributed by atoms with Gasteiger partial charge in [-0.1, -0.05) is 12.8 Å². The molecule has 0 aromatic heterocycles. The Morgan fingerprint density at radius 3 is 2.06 bits per heavy atom. The van der Waals surface area contributed by atoms with Crippen LogP contribution >= 0.6 is 0 Å². The molecule has 0 amide bonds. The number of piperidine rings is 1. The fourth-order valence-corrected chi connectivity index (χ4v) is 4.92. The largest absolute Gasteiger partial charge is 0.316 e. The van der Waals surface area contributed by atoms with Gasteiger partial charge in [0.05, 0.1) is 0 Å². The van der Waals surface area contributed by atoms with Crippen LogP contribution in [0.3, 0.4) is 0 Å². The Balaban J connectivity index is 1.67. The van der Waals surface area contributed by atoms with Crippen LogP contribution in [0.15, 0.2) is 0 Å². The topological polar surface area (TPSA) is 15.3 Å². The van der Waals surface area contributed by atoms with Gasteiger partial charge in [0.2, 0.25) is 0 Å². The van der Waals surface area contributed by atoms with Gasteiger partial charge in [-0.3, -0.25) is 0 Å². The molecule has 2 heteroatoms. The van der Waals surface area contributed by atoms with Crippen LogP contribution in [-0.2, 0) is 0 Å². The number of hydrogen-bond acceptors (Lipinski definition) is 2. The fourth-order valence-electron chi connectivity index (χ4n) is 4.92. The molecular weight excluding hydrogens is 208 g/mol. The van der Waals surface area contributed by atoms with Crippen molar-refractivity contribution in [1.29, 1.82) is 0 Å². The second-order valence-corrected chi connectivity index (χ2v) is 6.64. The highest BCUT2D eigenvalue weighted by Crippen LogP contribution is 2.42. The maximum absolute atomic E-state index is 3.68. The van der Waals surface area contributed by atoms with Gasteiger partial charge in [-0.15, -0.1) is 0 Å². The van der Waals surface area contributed by atoms with Crippen LogP contribution in [-0.4, -0.2) is 37.1 Å². The summed E-state index contributed by atoms with van der Waals surface area (Å²) < 4.78 is 0. The first-order valence-electron chi connectivity index (χ1n) is 7.68. The minimum Gasteiger partial charge on any atom is -0.316 e. The molecule has 2 saturated heterocycles. The molecule has 1 saturated carbocycles. The SMILES string of the molecule is CNC(C1CCCC1)C1CC2CCC(C1)N2C. The molecule has 3 unspecified atom stereocenters. The predicted molar refractivity (Wildman–Crippen MR) is 72.1 cm³/mol. The molecule has 2 heterocycles. The van der Waals surface area contributed by atoms with Gasteiger partial charge >= 0.3 is 0 Å². The normalized spacial score (nSPS) is 40.9. The third-order valence-corrected chi connectivity index (χ3v) is 5.88. The number of rotatable bonds is 3. The summed E-state index contributed by atoms with van der Waals surface area (Å²) in [7, 11) is 4.55. The molecule has 0 radical (unpaired) electrons. The summed E-state index contributed by atoms with van der Waals surface area (Å²) in [5.41, 5.74) is 0. The lowest BCUT2D eigenvalue weighted by molar-refractivity contribution is 0.0983. The van der Waals surface area contributed by atoms with E-state index in [9.17, 15) is 0 Å². The molecular formula is C15H28N2. The molecule has 2 aliphatic heterocycles. The minimum absolute atomic E-state index is 0.814. The molecule has 3 atom stereocenters. The molecule has 2 bridgehead atoms. The zero-order valence-electron chi connectivity index (χ0n) is 11.5. The van der Waals surface area contributed by atoms with E-state index in [0.29, 0.717) is 0 Å². The third-order valence-electron chi connectivity index (χ3n) is 5.88. The Bertz CT molecular complexity index is 246. The van der Waals surface area contributed by atoms with Crippen molar-refractivity contribution < 1.29 is 0 Å². The van der Waals surface area contributed by atoms with Gasteiger partial charge in [-0.25, -0.2) is 0 Å². The predicted octanol–water partition coefficient (Wildman–Crippen LogP) is 2.64. The van der Waals surface area contributed by atoms with Gasteiger partial charge in [0.15, 0.2) is 0 Å². The maximum Gasteiger partial charge on any atom is 0.0122 e. The van der Waals surface area contributed by atoms with E-state index in [4.69, 9.17) is 0 Å². The van der Waals surface area contributed by atoms with Gasteiger partial charge in [0.25, 0.3) is 0 Å². The lowest BCUT2D eigenvalue weighted by Gasteiger charge is -2.41. The molecule has 17 heavy (non-hydrogen) atoms. The molecule has 0 aromatic rings.